The first-order chi connectivity index (χ1) is 10.4. The number of alkyl halides is 3. The molecule has 0 atom stereocenters. The van der Waals surface area contributed by atoms with Crippen LogP contribution in [0.15, 0.2) is 53.7 Å². The van der Waals surface area contributed by atoms with Gasteiger partial charge in [-0.15, -0.1) is 13.2 Å². The van der Waals surface area contributed by atoms with Crippen molar-refractivity contribution in [3.8, 4) is 5.75 Å². The second kappa shape index (κ2) is 7.17. The lowest BCUT2D eigenvalue weighted by Crippen LogP contribution is -2.17. The van der Waals surface area contributed by atoms with Gasteiger partial charge in [0.05, 0.1) is 6.21 Å². The first-order valence-electron chi connectivity index (χ1n) is 6.18. The first kappa shape index (κ1) is 16.2. The van der Waals surface area contributed by atoms with Gasteiger partial charge in [0, 0.05) is 5.02 Å². The molecule has 2 aromatic rings. The Balaban J connectivity index is 1.89. The highest BCUT2D eigenvalue weighted by Crippen LogP contribution is 2.23. The average molecular weight is 330 g/mol. The number of benzene rings is 2. The highest BCUT2D eigenvalue weighted by Gasteiger charge is 2.31. The van der Waals surface area contributed by atoms with Gasteiger partial charge in [-0.2, -0.15) is 0 Å². The normalized spacial score (nSPS) is 11.6. The number of nitrogens with zero attached hydrogens (tertiary/aromatic N) is 1. The molecule has 0 aliphatic carbocycles. The van der Waals surface area contributed by atoms with Gasteiger partial charge in [-0.1, -0.05) is 41.0 Å². The van der Waals surface area contributed by atoms with E-state index in [-0.39, 0.29) is 12.4 Å². The van der Waals surface area contributed by atoms with Gasteiger partial charge in [0.1, 0.15) is 12.4 Å². The summed E-state index contributed by atoms with van der Waals surface area (Å²) in [7, 11) is 0. The minimum absolute atomic E-state index is 0.0269. The molecular formula is C15H11ClF3NO2. The van der Waals surface area contributed by atoms with Crippen LogP contribution in [-0.2, 0) is 11.4 Å². The van der Waals surface area contributed by atoms with Crippen molar-refractivity contribution in [1.29, 1.82) is 0 Å². The van der Waals surface area contributed by atoms with Gasteiger partial charge in [0.25, 0.3) is 0 Å². The molecule has 7 heteroatoms. The third-order valence-electron chi connectivity index (χ3n) is 2.51. The number of hydrogen-bond acceptors (Lipinski definition) is 3. The van der Waals surface area contributed by atoms with Gasteiger partial charge in [0.2, 0.25) is 0 Å². The van der Waals surface area contributed by atoms with E-state index in [1.165, 1.54) is 24.4 Å². The second-order valence-electron chi connectivity index (χ2n) is 4.25. The molecule has 0 aliphatic heterocycles. The second-order valence-corrected chi connectivity index (χ2v) is 4.69. The van der Waals surface area contributed by atoms with Crippen molar-refractivity contribution in [2.75, 3.05) is 0 Å². The fourth-order valence-corrected chi connectivity index (χ4v) is 1.72. The van der Waals surface area contributed by atoms with Crippen LogP contribution in [0.1, 0.15) is 11.1 Å². The summed E-state index contributed by atoms with van der Waals surface area (Å²) < 4.78 is 40.2. The quantitative estimate of drug-likeness (QED) is 0.583. The largest absolute Gasteiger partial charge is 0.573 e. The minimum atomic E-state index is -4.72. The lowest BCUT2D eigenvalue weighted by Gasteiger charge is -2.09. The summed E-state index contributed by atoms with van der Waals surface area (Å²) in [6.07, 6.45) is -3.24. The molecule has 0 saturated heterocycles. The molecular weight excluding hydrogens is 319 g/mol. The lowest BCUT2D eigenvalue weighted by atomic mass is 10.2. The molecule has 0 radical (unpaired) electrons. The molecule has 0 spiro atoms. The predicted octanol–water partition coefficient (Wildman–Crippen LogP) is 4.79. The van der Waals surface area contributed by atoms with Gasteiger partial charge in [-0.25, -0.2) is 0 Å². The fourth-order valence-electron chi connectivity index (χ4n) is 1.59. The highest BCUT2D eigenvalue weighted by molar-refractivity contribution is 6.30. The van der Waals surface area contributed by atoms with E-state index in [4.69, 9.17) is 16.4 Å². The molecule has 0 aromatic heterocycles. The van der Waals surface area contributed by atoms with Crippen LogP contribution in [0.25, 0.3) is 0 Å². The maximum absolute atomic E-state index is 12.1. The van der Waals surface area contributed by atoms with Gasteiger partial charge in [-0.05, 0) is 35.4 Å². The van der Waals surface area contributed by atoms with Crippen molar-refractivity contribution < 1.29 is 22.7 Å². The lowest BCUT2D eigenvalue weighted by molar-refractivity contribution is -0.274. The summed E-state index contributed by atoms with van der Waals surface area (Å²) in [4.78, 5) is 5.04. The van der Waals surface area contributed by atoms with Crippen molar-refractivity contribution >= 4 is 17.8 Å². The van der Waals surface area contributed by atoms with Gasteiger partial charge < -0.3 is 9.57 Å². The molecule has 2 aromatic carbocycles. The Bertz CT molecular complexity index is 642. The number of hydrogen-bond donors (Lipinski definition) is 0. The molecule has 116 valence electrons. The topological polar surface area (TPSA) is 30.8 Å². The van der Waals surface area contributed by atoms with Crippen molar-refractivity contribution in [3.63, 3.8) is 0 Å². The Hall–Kier alpha value is -2.21. The van der Waals surface area contributed by atoms with Gasteiger partial charge >= 0.3 is 6.36 Å². The maximum Gasteiger partial charge on any atom is 0.573 e. The molecule has 0 heterocycles. The fraction of sp³-hybridized carbons (Fsp3) is 0.133. The molecule has 0 amide bonds. The number of ether oxygens (including phenoxy) is 1. The SMILES string of the molecule is FC(F)(F)Oc1cccc(CON=Cc2ccc(Cl)cc2)c1. The standard InChI is InChI=1S/C15H11ClF3NO2/c16-13-6-4-11(5-7-13)9-20-21-10-12-2-1-3-14(8-12)22-15(17,18)19/h1-9H,10H2. The van der Waals surface area contributed by atoms with E-state index < -0.39 is 6.36 Å². The van der Waals surface area contributed by atoms with Crippen LogP contribution in [-0.4, -0.2) is 12.6 Å². The van der Waals surface area contributed by atoms with Crippen LogP contribution in [0.3, 0.4) is 0 Å². The van der Waals surface area contributed by atoms with E-state index >= 15 is 0 Å². The Morgan fingerprint density at radius 2 is 1.82 bits per heavy atom. The van der Waals surface area contributed by atoms with Crippen LogP contribution in [0.2, 0.25) is 5.02 Å². The number of halogens is 4. The number of rotatable bonds is 5. The van der Waals surface area contributed by atoms with E-state index in [1.54, 1.807) is 30.3 Å². The zero-order valence-corrected chi connectivity index (χ0v) is 11.9. The Kier molecular flexibility index (Phi) is 5.27. The predicted molar refractivity (Wildman–Crippen MR) is 77.0 cm³/mol. The molecule has 3 nitrogen and oxygen atoms in total. The van der Waals surface area contributed by atoms with Crippen molar-refractivity contribution in [2.24, 2.45) is 5.16 Å². The monoisotopic (exact) mass is 329 g/mol. The average Bonchev–Trinajstić information content (AvgIpc) is 2.44. The zero-order valence-electron chi connectivity index (χ0n) is 11.2. The summed E-state index contributed by atoms with van der Waals surface area (Å²) in [5.41, 5.74) is 1.30. The summed E-state index contributed by atoms with van der Waals surface area (Å²) in [5, 5.41) is 4.35. The Morgan fingerprint density at radius 1 is 1.09 bits per heavy atom. The zero-order chi connectivity index (χ0) is 16.0. The van der Waals surface area contributed by atoms with Crippen LogP contribution in [0.4, 0.5) is 13.2 Å². The molecule has 0 unspecified atom stereocenters. The van der Waals surface area contributed by atoms with Gasteiger partial charge in [-0.3, -0.25) is 0 Å². The maximum atomic E-state index is 12.1. The first-order valence-corrected chi connectivity index (χ1v) is 6.56. The van der Waals surface area contributed by atoms with Crippen molar-refractivity contribution in [3.05, 3.63) is 64.7 Å². The number of oxime groups is 1. The van der Waals surface area contributed by atoms with Gasteiger partial charge in [0.15, 0.2) is 0 Å². The van der Waals surface area contributed by atoms with E-state index in [9.17, 15) is 13.2 Å². The third-order valence-corrected chi connectivity index (χ3v) is 2.76. The minimum Gasteiger partial charge on any atom is -0.406 e. The molecule has 0 fully saturated rings. The summed E-state index contributed by atoms with van der Waals surface area (Å²) in [6.45, 7) is 0.0269. The van der Waals surface area contributed by atoms with E-state index in [0.717, 1.165) is 5.56 Å². The van der Waals surface area contributed by atoms with Crippen LogP contribution >= 0.6 is 11.6 Å². The molecule has 0 saturated carbocycles. The summed E-state index contributed by atoms with van der Waals surface area (Å²) in [6, 6.07) is 12.4. The van der Waals surface area contributed by atoms with E-state index in [0.29, 0.717) is 10.6 Å². The van der Waals surface area contributed by atoms with Crippen LogP contribution < -0.4 is 4.74 Å². The molecule has 0 bridgehead atoms. The third kappa shape index (κ3) is 5.65. The molecule has 22 heavy (non-hydrogen) atoms. The van der Waals surface area contributed by atoms with E-state index in [1.807, 2.05) is 0 Å². The Labute approximate surface area is 129 Å². The Morgan fingerprint density at radius 3 is 2.50 bits per heavy atom. The smallest absolute Gasteiger partial charge is 0.406 e. The molecule has 2 rings (SSSR count). The van der Waals surface area contributed by atoms with Crippen molar-refractivity contribution in [2.45, 2.75) is 13.0 Å². The summed E-state index contributed by atoms with van der Waals surface area (Å²) in [5.74, 6) is -0.296. The van der Waals surface area contributed by atoms with Crippen LogP contribution in [0.5, 0.6) is 5.75 Å². The van der Waals surface area contributed by atoms with Crippen LogP contribution in [0, 0.1) is 0 Å². The highest BCUT2D eigenvalue weighted by atomic mass is 35.5. The van der Waals surface area contributed by atoms with Crippen molar-refractivity contribution in [1.82, 2.24) is 0 Å². The molecule has 0 N–H and O–H groups in total. The summed E-state index contributed by atoms with van der Waals surface area (Å²) >= 11 is 5.75. The van der Waals surface area contributed by atoms with E-state index in [2.05, 4.69) is 9.89 Å². The molecule has 0 aliphatic rings.